The van der Waals surface area contributed by atoms with Crippen molar-refractivity contribution >= 4 is 16.5 Å². The van der Waals surface area contributed by atoms with Gasteiger partial charge >= 0.3 is 0 Å². The van der Waals surface area contributed by atoms with Crippen molar-refractivity contribution in [2.45, 2.75) is 39.5 Å². The molecule has 20 heavy (non-hydrogen) atoms. The molecule has 2 aromatic rings. The summed E-state index contributed by atoms with van der Waals surface area (Å²) >= 11 is 1.41. The Labute approximate surface area is 122 Å². The predicted molar refractivity (Wildman–Crippen MR) is 83.5 cm³/mol. The van der Waals surface area contributed by atoms with Crippen molar-refractivity contribution in [3.8, 4) is 10.6 Å². The topological polar surface area (TPSA) is 70.7 Å². The van der Waals surface area contributed by atoms with Crippen LogP contribution in [-0.4, -0.2) is 21.7 Å². The Morgan fingerprint density at radius 3 is 2.80 bits per heavy atom. The zero-order chi connectivity index (χ0) is 14.5. The highest BCUT2D eigenvalue weighted by atomic mass is 32.1. The van der Waals surface area contributed by atoms with Crippen LogP contribution in [0.15, 0.2) is 16.9 Å². The van der Waals surface area contributed by atoms with Gasteiger partial charge in [0, 0.05) is 12.2 Å². The molecule has 2 aromatic heterocycles. The first-order chi connectivity index (χ1) is 9.61. The van der Waals surface area contributed by atoms with E-state index in [2.05, 4.69) is 27.4 Å². The molecule has 0 saturated heterocycles. The van der Waals surface area contributed by atoms with Crippen LogP contribution >= 0.6 is 11.3 Å². The number of hydrogen-bond donors (Lipinski definition) is 2. The van der Waals surface area contributed by atoms with E-state index in [-0.39, 0.29) is 5.56 Å². The van der Waals surface area contributed by atoms with E-state index in [1.54, 1.807) is 0 Å². The molecule has 0 fully saturated rings. The Balaban J connectivity index is 2.18. The van der Waals surface area contributed by atoms with Gasteiger partial charge in [0.05, 0.1) is 5.56 Å². The van der Waals surface area contributed by atoms with Gasteiger partial charge in [-0.2, -0.15) is 0 Å². The summed E-state index contributed by atoms with van der Waals surface area (Å²) in [6.45, 7) is 7.12. The van der Waals surface area contributed by atoms with Gasteiger partial charge in [-0.15, -0.1) is 10.2 Å². The number of nitrogens with one attached hydrogen (secondary N) is 2. The number of anilines is 1. The quantitative estimate of drug-likeness (QED) is 0.802. The monoisotopic (exact) mass is 292 g/mol. The van der Waals surface area contributed by atoms with Gasteiger partial charge in [0.25, 0.3) is 5.56 Å². The lowest BCUT2D eigenvalue weighted by molar-refractivity contribution is 0.816. The summed E-state index contributed by atoms with van der Waals surface area (Å²) in [6, 6.07) is 3.76. The fraction of sp³-hybridized carbons (Fsp3) is 0.500. The molecule has 2 heterocycles. The second-order valence-corrected chi connectivity index (χ2v) is 5.98. The summed E-state index contributed by atoms with van der Waals surface area (Å²) in [5, 5.41) is 12.8. The Morgan fingerprint density at radius 2 is 2.15 bits per heavy atom. The van der Waals surface area contributed by atoms with Crippen molar-refractivity contribution in [1.82, 2.24) is 15.2 Å². The number of aromatic amines is 1. The molecular weight excluding hydrogens is 272 g/mol. The van der Waals surface area contributed by atoms with E-state index >= 15 is 0 Å². The third kappa shape index (κ3) is 3.45. The molecule has 0 spiro atoms. The molecule has 0 radical (unpaired) electrons. The molecule has 2 N–H and O–H groups in total. The first-order valence-corrected chi connectivity index (χ1v) is 7.74. The Kier molecular flexibility index (Phi) is 4.89. The van der Waals surface area contributed by atoms with Crippen molar-refractivity contribution in [3.05, 3.63) is 28.2 Å². The van der Waals surface area contributed by atoms with Crippen molar-refractivity contribution in [3.63, 3.8) is 0 Å². The summed E-state index contributed by atoms with van der Waals surface area (Å²) in [5.74, 6) is 0.303. The maximum absolute atomic E-state index is 12.1. The average Bonchev–Trinajstić information content (AvgIpc) is 2.87. The first kappa shape index (κ1) is 14.7. The maximum Gasteiger partial charge on any atom is 0.258 e. The van der Waals surface area contributed by atoms with Crippen molar-refractivity contribution in [2.75, 3.05) is 11.9 Å². The normalized spacial score (nSPS) is 11.0. The van der Waals surface area contributed by atoms with E-state index in [0.29, 0.717) is 16.5 Å². The number of nitrogens with zero attached hydrogens (tertiary/aromatic N) is 2. The van der Waals surface area contributed by atoms with E-state index in [0.717, 1.165) is 30.2 Å². The van der Waals surface area contributed by atoms with Crippen LogP contribution in [-0.2, 0) is 0 Å². The Bertz CT molecular complexity index is 618. The van der Waals surface area contributed by atoms with E-state index in [9.17, 15) is 4.79 Å². The fourth-order valence-corrected chi connectivity index (χ4v) is 2.56. The largest absolute Gasteiger partial charge is 0.360 e. The molecule has 0 aromatic carbocycles. The number of hydrogen-bond acceptors (Lipinski definition) is 5. The van der Waals surface area contributed by atoms with Crippen LogP contribution in [0.3, 0.4) is 0 Å². The fourth-order valence-electron chi connectivity index (χ4n) is 1.77. The Hall–Kier alpha value is -1.69. The molecule has 0 amide bonds. The van der Waals surface area contributed by atoms with Gasteiger partial charge in [-0.05, 0) is 24.5 Å². The highest BCUT2D eigenvalue weighted by Gasteiger charge is 2.11. The van der Waals surface area contributed by atoms with E-state index < -0.39 is 0 Å². The smallest absolute Gasteiger partial charge is 0.258 e. The third-order valence-electron chi connectivity index (χ3n) is 3.02. The van der Waals surface area contributed by atoms with Crippen molar-refractivity contribution < 1.29 is 0 Å². The predicted octanol–water partition coefficient (Wildman–Crippen LogP) is 3.23. The van der Waals surface area contributed by atoms with Crippen molar-refractivity contribution in [2.24, 2.45) is 0 Å². The lowest BCUT2D eigenvalue weighted by atomic mass is 10.1. The van der Waals surface area contributed by atoms with Gasteiger partial charge in [0.1, 0.15) is 0 Å². The second-order valence-electron chi connectivity index (χ2n) is 5.00. The summed E-state index contributed by atoms with van der Waals surface area (Å²) in [7, 11) is 0. The molecular formula is C14H20N4OS. The number of unbranched alkanes of at least 4 members (excludes halogenated alkanes) is 1. The van der Waals surface area contributed by atoms with Crippen LogP contribution < -0.4 is 10.9 Å². The lowest BCUT2D eigenvalue weighted by Gasteiger charge is -2.04. The number of rotatable bonds is 6. The van der Waals surface area contributed by atoms with Crippen LogP contribution in [0.2, 0.25) is 0 Å². The van der Waals surface area contributed by atoms with Gasteiger partial charge in [0.15, 0.2) is 5.01 Å². The molecule has 2 rings (SSSR count). The van der Waals surface area contributed by atoms with Crippen LogP contribution in [0, 0.1) is 0 Å². The third-order valence-corrected chi connectivity index (χ3v) is 3.93. The zero-order valence-corrected chi connectivity index (χ0v) is 12.9. The molecule has 0 aliphatic rings. The van der Waals surface area contributed by atoms with Crippen molar-refractivity contribution in [1.29, 1.82) is 0 Å². The highest BCUT2D eigenvalue weighted by molar-refractivity contribution is 7.18. The van der Waals surface area contributed by atoms with Crippen LogP contribution in [0.4, 0.5) is 5.13 Å². The molecule has 6 heteroatoms. The Morgan fingerprint density at radius 1 is 1.35 bits per heavy atom. The van der Waals surface area contributed by atoms with Gasteiger partial charge in [-0.1, -0.05) is 38.5 Å². The standard InChI is InChI=1S/C14H20N4OS/c1-4-5-8-15-14-18-17-13(20-14)10-6-7-11(9(2)3)16-12(10)19/h6-7,9H,4-5,8H2,1-3H3,(H,15,18)(H,16,19). The SMILES string of the molecule is CCCCNc1nnc(-c2ccc(C(C)C)[nH]c2=O)s1. The molecule has 0 aliphatic carbocycles. The van der Waals surface area contributed by atoms with E-state index in [1.165, 1.54) is 11.3 Å². The lowest BCUT2D eigenvalue weighted by Crippen LogP contribution is -2.11. The number of pyridine rings is 1. The average molecular weight is 292 g/mol. The van der Waals surface area contributed by atoms with Gasteiger partial charge in [-0.3, -0.25) is 4.79 Å². The van der Waals surface area contributed by atoms with E-state index in [1.807, 2.05) is 26.0 Å². The van der Waals surface area contributed by atoms with Gasteiger partial charge in [0.2, 0.25) is 5.13 Å². The zero-order valence-electron chi connectivity index (χ0n) is 12.1. The van der Waals surface area contributed by atoms with Crippen LogP contribution in [0.1, 0.15) is 45.2 Å². The number of aromatic nitrogens is 3. The minimum atomic E-state index is -0.104. The summed E-state index contributed by atoms with van der Waals surface area (Å²) in [4.78, 5) is 15.0. The van der Waals surface area contributed by atoms with Gasteiger partial charge in [-0.25, -0.2) is 0 Å². The molecule has 0 atom stereocenters. The molecule has 5 nitrogen and oxygen atoms in total. The van der Waals surface area contributed by atoms with Crippen LogP contribution in [0.25, 0.3) is 10.6 Å². The second kappa shape index (κ2) is 6.65. The summed E-state index contributed by atoms with van der Waals surface area (Å²) < 4.78 is 0. The molecule has 108 valence electrons. The van der Waals surface area contributed by atoms with Crippen LogP contribution in [0.5, 0.6) is 0 Å². The molecule has 0 aliphatic heterocycles. The summed E-state index contributed by atoms with van der Waals surface area (Å²) in [5.41, 5.74) is 1.41. The minimum absolute atomic E-state index is 0.104. The van der Waals surface area contributed by atoms with Gasteiger partial charge < -0.3 is 10.3 Å². The highest BCUT2D eigenvalue weighted by Crippen LogP contribution is 2.24. The molecule has 0 bridgehead atoms. The minimum Gasteiger partial charge on any atom is -0.360 e. The molecule has 0 unspecified atom stereocenters. The summed E-state index contributed by atoms with van der Waals surface area (Å²) in [6.07, 6.45) is 2.23. The maximum atomic E-state index is 12.1. The number of H-pyrrole nitrogens is 1. The molecule has 0 saturated carbocycles. The first-order valence-electron chi connectivity index (χ1n) is 6.92. The van der Waals surface area contributed by atoms with E-state index in [4.69, 9.17) is 0 Å².